The summed E-state index contributed by atoms with van der Waals surface area (Å²) in [6, 6.07) is 3.85. The number of aryl methyl sites for hydroxylation is 2. The zero-order chi connectivity index (χ0) is 16.1. The number of benzene rings is 1. The summed E-state index contributed by atoms with van der Waals surface area (Å²) in [5, 5.41) is 13.3. The van der Waals surface area contributed by atoms with Gasteiger partial charge in [-0.15, -0.1) is 10.2 Å². The Labute approximate surface area is 128 Å². The second-order valence-electron chi connectivity index (χ2n) is 5.17. The molecule has 0 spiro atoms. The van der Waals surface area contributed by atoms with E-state index < -0.39 is 6.03 Å². The Morgan fingerprint density at radius 1 is 1.45 bits per heavy atom. The molecule has 118 valence electrons. The van der Waals surface area contributed by atoms with Crippen LogP contribution in [-0.2, 0) is 6.54 Å². The van der Waals surface area contributed by atoms with Gasteiger partial charge in [0.05, 0.1) is 6.04 Å². The van der Waals surface area contributed by atoms with Gasteiger partial charge >= 0.3 is 6.03 Å². The largest absolute Gasteiger partial charge is 0.328 e. The van der Waals surface area contributed by atoms with Gasteiger partial charge < -0.3 is 15.2 Å². The molecule has 2 aromatic rings. The third kappa shape index (κ3) is 3.81. The number of carbonyl (C=O) groups excluding carboxylic acids is 1. The number of carbonyl (C=O) groups is 1. The highest BCUT2D eigenvalue weighted by molar-refractivity contribution is 5.89. The van der Waals surface area contributed by atoms with Crippen LogP contribution in [0.5, 0.6) is 0 Å². The molecular formula is C15H20FN5O. The predicted molar refractivity (Wildman–Crippen MR) is 82.0 cm³/mol. The van der Waals surface area contributed by atoms with Crippen LogP contribution >= 0.6 is 0 Å². The van der Waals surface area contributed by atoms with E-state index in [1.54, 1.807) is 25.4 Å². The summed E-state index contributed by atoms with van der Waals surface area (Å²) in [7, 11) is 0. The highest BCUT2D eigenvalue weighted by Gasteiger charge is 2.15. The Kier molecular flexibility index (Phi) is 5.08. The first-order chi connectivity index (χ1) is 10.5. The molecule has 2 rings (SSSR count). The highest BCUT2D eigenvalue weighted by Crippen LogP contribution is 2.14. The van der Waals surface area contributed by atoms with Crippen molar-refractivity contribution in [3.63, 3.8) is 0 Å². The third-order valence-electron chi connectivity index (χ3n) is 3.27. The number of rotatable bonds is 5. The van der Waals surface area contributed by atoms with Crippen molar-refractivity contribution < 1.29 is 9.18 Å². The van der Waals surface area contributed by atoms with Gasteiger partial charge in [-0.05, 0) is 38.0 Å². The van der Waals surface area contributed by atoms with E-state index in [0.717, 1.165) is 13.0 Å². The van der Waals surface area contributed by atoms with E-state index >= 15 is 0 Å². The van der Waals surface area contributed by atoms with Crippen LogP contribution in [0.2, 0.25) is 0 Å². The fourth-order valence-electron chi connectivity index (χ4n) is 2.11. The van der Waals surface area contributed by atoms with Gasteiger partial charge in [0.15, 0.2) is 5.82 Å². The number of nitrogens with zero attached hydrogens (tertiary/aromatic N) is 3. The van der Waals surface area contributed by atoms with Gasteiger partial charge in [0.25, 0.3) is 0 Å². The molecule has 7 heteroatoms. The predicted octanol–water partition coefficient (Wildman–Crippen LogP) is 3.02. The lowest BCUT2D eigenvalue weighted by Gasteiger charge is -2.15. The van der Waals surface area contributed by atoms with Crippen LogP contribution in [-0.4, -0.2) is 20.8 Å². The molecule has 0 fully saturated rings. The van der Waals surface area contributed by atoms with E-state index in [1.807, 2.05) is 11.5 Å². The number of urea groups is 1. The first kappa shape index (κ1) is 15.9. The molecule has 0 unspecified atom stereocenters. The smallest absolute Gasteiger partial charge is 0.319 e. The minimum atomic E-state index is -0.415. The summed E-state index contributed by atoms with van der Waals surface area (Å²) >= 11 is 0. The summed E-state index contributed by atoms with van der Waals surface area (Å²) in [5.41, 5.74) is 0.940. The van der Waals surface area contributed by atoms with Crippen LogP contribution in [0.3, 0.4) is 0 Å². The molecule has 22 heavy (non-hydrogen) atoms. The van der Waals surface area contributed by atoms with Crippen LogP contribution in [0.1, 0.15) is 37.7 Å². The number of hydrogen-bond acceptors (Lipinski definition) is 3. The van der Waals surface area contributed by atoms with Crippen LogP contribution in [0, 0.1) is 12.7 Å². The Morgan fingerprint density at radius 2 is 2.23 bits per heavy atom. The molecular weight excluding hydrogens is 285 g/mol. The van der Waals surface area contributed by atoms with Crippen molar-refractivity contribution in [1.82, 2.24) is 20.1 Å². The Bertz CT molecular complexity index is 655. The molecule has 0 radical (unpaired) electrons. The van der Waals surface area contributed by atoms with Crippen molar-refractivity contribution in [1.29, 1.82) is 0 Å². The van der Waals surface area contributed by atoms with Crippen molar-refractivity contribution in [3.05, 3.63) is 41.7 Å². The van der Waals surface area contributed by atoms with E-state index in [0.29, 0.717) is 17.1 Å². The number of hydrogen-bond donors (Lipinski definition) is 2. The maximum Gasteiger partial charge on any atom is 0.319 e. The molecule has 1 aromatic carbocycles. The third-order valence-corrected chi connectivity index (χ3v) is 3.27. The van der Waals surface area contributed by atoms with E-state index in [2.05, 4.69) is 27.8 Å². The molecule has 0 aliphatic rings. The van der Waals surface area contributed by atoms with Gasteiger partial charge in [-0.3, -0.25) is 0 Å². The Balaban J connectivity index is 1.98. The van der Waals surface area contributed by atoms with Gasteiger partial charge in [-0.2, -0.15) is 0 Å². The number of aromatic nitrogens is 3. The molecule has 0 saturated carbocycles. The van der Waals surface area contributed by atoms with Gasteiger partial charge in [-0.1, -0.05) is 13.0 Å². The highest BCUT2D eigenvalue weighted by atomic mass is 19.1. The molecule has 0 bridgehead atoms. The van der Waals surface area contributed by atoms with Crippen molar-refractivity contribution >= 4 is 11.7 Å². The standard InChI is InChI=1S/C15H20FN5O/c1-4-7-21-9-17-20-14(21)11(3)18-15(22)19-12-6-5-10(2)13(16)8-12/h5-6,8-9,11H,4,7H2,1-3H3,(H2,18,19,22)/t11-/m1/s1. The quantitative estimate of drug-likeness (QED) is 0.892. The van der Waals surface area contributed by atoms with Crippen molar-refractivity contribution in [3.8, 4) is 0 Å². The van der Waals surface area contributed by atoms with Crippen molar-refractivity contribution in [2.45, 2.75) is 39.8 Å². The molecule has 2 amide bonds. The summed E-state index contributed by atoms with van der Waals surface area (Å²) < 4.78 is 15.4. The first-order valence-electron chi connectivity index (χ1n) is 7.22. The lowest BCUT2D eigenvalue weighted by atomic mass is 10.2. The average Bonchev–Trinajstić information content (AvgIpc) is 2.91. The van der Waals surface area contributed by atoms with Gasteiger partial charge in [0, 0.05) is 12.2 Å². The number of nitrogens with one attached hydrogen (secondary N) is 2. The molecule has 0 aliphatic carbocycles. The van der Waals surface area contributed by atoms with E-state index in [9.17, 15) is 9.18 Å². The van der Waals surface area contributed by atoms with Gasteiger partial charge in [0.2, 0.25) is 0 Å². The summed E-state index contributed by atoms with van der Waals surface area (Å²) in [6.45, 7) is 6.34. The monoisotopic (exact) mass is 305 g/mol. The van der Waals surface area contributed by atoms with Gasteiger partial charge in [0.1, 0.15) is 12.1 Å². The Hall–Kier alpha value is -2.44. The number of anilines is 1. The molecule has 2 N–H and O–H groups in total. The second kappa shape index (κ2) is 7.02. The zero-order valence-electron chi connectivity index (χ0n) is 12.9. The topological polar surface area (TPSA) is 71.8 Å². The average molecular weight is 305 g/mol. The summed E-state index contributed by atoms with van der Waals surface area (Å²) in [6.07, 6.45) is 2.59. The van der Waals surface area contributed by atoms with Crippen molar-refractivity contribution in [2.75, 3.05) is 5.32 Å². The maximum atomic E-state index is 13.5. The fourth-order valence-corrected chi connectivity index (χ4v) is 2.11. The SMILES string of the molecule is CCCn1cnnc1[C@@H](C)NC(=O)Nc1ccc(C)c(F)c1. The minimum Gasteiger partial charge on any atom is -0.328 e. The lowest BCUT2D eigenvalue weighted by molar-refractivity contribution is 0.248. The molecule has 0 saturated heterocycles. The summed E-state index contributed by atoms with van der Waals surface area (Å²) in [4.78, 5) is 12.0. The molecule has 0 aliphatic heterocycles. The van der Waals surface area contributed by atoms with Gasteiger partial charge in [-0.25, -0.2) is 9.18 Å². The normalized spacial score (nSPS) is 12.0. The van der Waals surface area contributed by atoms with Crippen LogP contribution in [0.15, 0.2) is 24.5 Å². The number of halogens is 1. The molecule has 1 heterocycles. The number of amides is 2. The molecule has 6 nitrogen and oxygen atoms in total. The van der Waals surface area contributed by atoms with E-state index in [4.69, 9.17) is 0 Å². The summed E-state index contributed by atoms with van der Waals surface area (Å²) in [5.74, 6) is 0.334. The lowest BCUT2D eigenvalue weighted by Crippen LogP contribution is -2.32. The van der Waals surface area contributed by atoms with Crippen LogP contribution < -0.4 is 10.6 Å². The van der Waals surface area contributed by atoms with Crippen LogP contribution in [0.25, 0.3) is 0 Å². The van der Waals surface area contributed by atoms with E-state index in [1.165, 1.54) is 6.07 Å². The first-order valence-corrected chi connectivity index (χ1v) is 7.22. The fraction of sp³-hybridized carbons (Fsp3) is 0.400. The molecule has 1 atom stereocenters. The minimum absolute atomic E-state index is 0.302. The van der Waals surface area contributed by atoms with E-state index in [-0.39, 0.29) is 11.9 Å². The Morgan fingerprint density at radius 3 is 2.91 bits per heavy atom. The van der Waals surface area contributed by atoms with Crippen molar-refractivity contribution in [2.24, 2.45) is 0 Å². The van der Waals surface area contributed by atoms with Crippen LogP contribution in [0.4, 0.5) is 14.9 Å². The maximum absolute atomic E-state index is 13.5. The second-order valence-corrected chi connectivity index (χ2v) is 5.17. The molecule has 1 aromatic heterocycles. The zero-order valence-corrected chi connectivity index (χ0v) is 12.9.